The predicted molar refractivity (Wildman–Crippen MR) is 73.7 cm³/mol. The van der Waals surface area contributed by atoms with Crippen LogP contribution in [0.2, 0.25) is 0 Å². The highest BCUT2D eigenvalue weighted by molar-refractivity contribution is 5.51. The van der Waals surface area contributed by atoms with Gasteiger partial charge in [0.25, 0.3) is 5.78 Å². The van der Waals surface area contributed by atoms with Gasteiger partial charge in [0, 0.05) is 24.2 Å². The van der Waals surface area contributed by atoms with Gasteiger partial charge in [0.1, 0.15) is 12.1 Å². The lowest BCUT2D eigenvalue weighted by molar-refractivity contribution is -0.144. The number of hydrogen-bond donors (Lipinski definition) is 1. The summed E-state index contributed by atoms with van der Waals surface area (Å²) in [6.07, 6.45) is 2.28. The number of anilines is 1. The van der Waals surface area contributed by atoms with Gasteiger partial charge < -0.3 is 14.8 Å². The second kappa shape index (κ2) is 4.99. The van der Waals surface area contributed by atoms with Crippen LogP contribution in [0.4, 0.5) is 5.82 Å². The lowest BCUT2D eigenvalue weighted by Crippen LogP contribution is -2.29. The van der Waals surface area contributed by atoms with Crippen molar-refractivity contribution in [3.63, 3.8) is 0 Å². The van der Waals surface area contributed by atoms with Crippen molar-refractivity contribution in [2.75, 3.05) is 25.1 Å². The molecule has 3 rings (SSSR count). The van der Waals surface area contributed by atoms with Gasteiger partial charge >= 0.3 is 0 Å². The number of hydrogen-bond acceptors (Lipinski definition) is 6. The normalized spacial score (nSPS) is 17.8. The van der Waals surface area contributed by atoms with E-state index in [-0.39, 0.29) is 0 Å². The number of nitrogens with one attached hydrogen (secondary N) is 1. The third-order valence-corrected chi connectivity index (χ3v) is 3.68. The van der Waals surface area contributed by atoms with Gasteiger partial charge in [0.15, 0.2) is 5.79 Å². The van der Waals surface area contributed by atoms with Crippen molar-refractivity contribution < 1.29 is 9.47 Å². The van der Waals surface area contributed by atoms with Crippen molar-refractivity contribution in [2.24, 2.45) is 0 Å². The van der Waals surface area contributed by atoms with Gasteiger partial charge in [-0.25, -0.2) is 4.98 Å². The van der Waals surface area contributed by atoms with Gasteiger partial charge in [-0.1, -0.05) is 0 Å². The molecule has 1 N–H and O–H groups in total. The summed E-state index contributed by atoms with van der Waals surface area (Å²) in [5.74, 6) is 1.05. The molecule has 2 aromatic rings. The summed E-state index contributed by atoms with van der Waals surface area (Å²) < 4.78 is 12.9. The van der Waals surface area contributed by atoms with Crippen LogP contribution in [-0.4, -0.2) is 45.1 Å². The zero-order valence-electron chi connectivity index (χ0n) is 12.0. The van der Waals surface area contributed by atoms with Gasteiger partial charge in [0.05, 0.1) is 13.2 Å². The molecule has 1 aliphatic heterocycles. The maximum atomic E-state index is 5.60. The van der Waals surface area contributed by atoms with Gasteiger partial charge in [-0.3, -0.25) is 0 Å². The Morgan fingerprint density at radius 1 is 1.35 bits per heavy atom. The smallest absolute Gasteiger partial charge is 0.254 e. The van der Waals surface area contributed by atoms with Crippen LogP contribution >= 0.6 is 0 Å². The third-order valence-electron chi connectivity index (χ3n) is 3.68. The molecule has 0 aromatic carbocycles. The Hall–Kier alpha value is -1.73. The standard InChI is InChI=1S/C13H19N5O2/c1-9-10(2)17-12-15-8-16-18(12)11(9)14-5-4-13(3)19-6-7-20-13/h8,14H,4-7H2,1-3H3. The lowest BCUT2D eigenvalue weighted by atomic mass is 10.2. The van der Waals surface area contributed by atoms with E-state index in [0.717, 1.165) is 30.0 Å². The highest BCUT2D eigenvalue weighted by atomic mass is 16.7. The van der Waals surface area contributed by atoms with Gasteiger partial charge in [-0.15, -0.1) is 0 Å². The van der Waals surface area contributed by atoms with Crippen LogP contribution in [0.3, 0.4) is 0 Å². The molecule has 2 aromatic heterocycles. The Balaban J connectivity index is 1.77. The third kappa shape index (κ3) is 2.34. The van der Waals surface area contributed by atoms with Gasteiger partial charge in [-0.05, 0) is 20.8 Å². The highest BCUT2D eigenvalue weighted by Gasteiger charge is 2.30. The van der Waals surface area contributed by atoms with Crippen LogP contribution in [0.1, 0.15) is 24.6 Å². The zero-order chi connectivity index (χ0) is 14.2. The Bertz CT molecular complexity index is 618. The van der Waals surface area contributed by atoms with E-state index in [4.69, 9.17) is 9.47 Å². The molecule has 0 bridgehead atoms. The minimum atomic E-state index is -0.482. The lowest BCUT2D eigenvalue weighted by Gasteiger charge is -2.22. The Morgan fingerprint density at radius 2 is 2.10 bits per heavy atom. The van der Waals surface area contributed by atoms with E-state index in [0.29, 0.717) is 19.0 Å². The first-order valence-corrected chi connectivity index (χ1v) is 6.78. The zero-order valence-corrected chi connectivity index (χ0v) is 12.0. The van der Waals surface area contributed by atoms with Crippen molar-refractivity contribution in [3.8, 4) is 0 Å². The fourth-order valence-corrected chi connectivity index (χ4v) is 2.35. The van der Waals surface area contributed by atoms with E-state index in [9.17, 15) is 0 Å². The fraction of sp³-hybridized carbons (Fsp3) is 0.615. The number of aromatic nitrogens is 4. The van der Waals surface area contributed by atoms with E-state index in [1.54, 1.807) is 4.52 Å². The molecular formula is C13H19N5O2. The maximum Gasteiger partial charge on any atom is 0.254 e. The van der Waals surface area contributed by atoms with Crippen LogP contribution in [-0.2, 0) is 9.47 Å². The largest absolute Gasteiger partial charge is 0.369 e. The number of ether oxygens (including phenoxy) is 2. The first kappa shape index (κ1) is 13.3. The van der Waals surface area contributed by atoms with E-state index >= 15 is 0 Å². The first-order chi connectivity index (χ1) is 9.59. The summed E-state index contributed by atoms with van der Waals surface area (Å²) in [6.45, 7) is 8.03. The molecule has 7 nitrogen and oxygen atoms in total. The molecule has 7 heteroatoms. The summed E-state index contributed by atoms with van der Waals surface area (Å²) in [5.41, 5.74) is 2.02. The molecular weight excluding hydrogens is 258 g/mol. The summed E-state index contributed by atoms with van der Waals surface area (Å²) in [6, 6.07) is 0. The van der Waals surface area contributed by atoms with Crippen molar-refractivity contribution in [3.05, 3.63) is 17.6 Å². The monoisotopic (exact) mass is 277 g/mol. The molecule has 20 heavy (non-hydrogen) atoms. The Kier molecular flexibility index (Phi) is 3.31. The molecule has 108 valence electrons. The van der Waals surface area contributed by atoms with Crippen molar-refractivity contribution in [2.45, 2.75) is 33.0 Å². The highest BCUT2D eigenvalue weighted by Crippen LogP contribution is 2.23. The quantitative estimate of drug-likeness (QED) is 0.908. The number of aryl methyl sites for hydroxylation is 1. The molecule has 1 fully saturated rings. The van der Waals surface area contributed by atoms with E-state index in [1.807, 2.05) is 20.8 Å². The van der Waals surface area contributed by atoms with Crippen molar-refractivity contribution >= 4 is 11.6 Å². The van der Waals surface area contributed by atoms with Crippen LogP contribution in [0.25, 0.3) is 5.78 Å². The second-order valence-electron chi connectivity index (χ2n) is 5.15. The molecule has 0 aliphatic carbocycles. The van der Waals surface area contributed by atoms with Gasteiger partial charge in [-0.2, -0.15) is 14.6 Å². The summed E-state index contributed by atoms with van der Waals surface area (Å²) >= 11 is 0. The number of nitrogens with zero attached hydrogens (tertiary/aromatic N) is 4. The first-order valence-electron chi connectivity index (χ1n) is 6.78. The topological polar surface area (TPSA) is 73.6 Å². The summed E-state index contributed by atoms with van der Waals surface area (Å²) in [7, 11) is 0. The molecule has 0 amide bonds. The second-order valence-corrected chi connectivity index (χ2v) is 5.15. The molecule has 1 saturated heterocycles. The summed E-state index contributed by atoms with van der Waals surface area (Å²) in [4.78, 5) is 8.53. The minimum absolute atomic E-state index is 0.482. The van der Waals surface area contributed by atoms with Crippen LogP contribution in [0, 0.1) is 13.8 Å². The molecule has 0 saturated carbocycles. The Morgan fingerprint density at radius 3 is 2.85 bits per heavy atom. The van der Waals surface area contributed by atoms with Crippen molar-refractivity contribution in [1.82, 2.24) is 19.6 Å². The number of fused-ring (bicyclic) bond motifs is 1. The predicted octanol–water partition coefficient (Wildman–Crippen LogP) is 1.31. The molecule has 3 heterocycles. The van der Waals surface area contributed by atoms with Crippen LogP contribution in [0.5, 0.6) is 0 Å². The fourth-order valence-electron chi connectivity index (χ4n) is 2.35. The SMILES string of the molecule is Cc1nc2ncnn2c(NCCC2(C)OCCO2)c1C. The molecule has 0 spiro atoms. The average Bonchev–Trinajstić information content (AvgIpc) is 3.03. The van der Waals surface area contributed by atoms with Crippen molar-refractivity contribution in [1.29, 1.82) is 0 Å². The van der Waals surface area contributed by atoms with Gasteiger partial charge in [0.2, 0.25) is 0 Å². The minimum Gasteiger partial charge on any atom is -0.369 e. The molecule has 0 unspecified atom stereocenters. The summed E-state index contributed by atoms with van der Waals surface area (Å²) in [5, 5.41) is 7.60. The van der Waals surface area contributed by atoms with E-state index < -0.39 is 5.79 Å². The molecule has 0 atom stereocenters. The van der Waals surface area contributed by atoms with Crippen LogP contribution in [0.15, 0.2) is 6.33 Å². The molecule has 1 aliphatic rings. The Labute approximate surface area is 117 Å². The molecule has 0 radical (unpaired) electrons. The van der Waals surface area contributed by atoms with E-state index in [2.05, 4.69) is 20.4 Å². The number of rotatable bonds is 4. The average molecular weight is 277 g/mol. The maximum absolute atomic E-state index is 5.60. The van der Waals surface area contributed by atoms with E-state index in [1.165, 1.54) is 6.33 Å². The van der Waals surface area contributed by atoms with Crippen LogP contribution < -0.4 is 5.32 Å².